The predicted molar refractivity (Wildman–Crippen MR) is 107 cm³/mol. The van der Waals surface area contributed by atoms with E-state index >= 15 is 0 Å². The maximum Gasteiger partial charge on any atom is 0.243 e. The lowest BCUT2D eigenvalue weighted by Crippen LogP contribution is -2.38. The van der Waals surface area contributed by atoms with Crippen molar-refractivity contribution in [2.45, 2.75) is 50.1 Å². The van der Waals surface area contributed by atoms with Gasteiger partial charge in [-0.3, -0.25) is 4.79 Å². The summed E-state index contributed by atoms with van der Waals surface area (Å²) in [5.41, 5.74) is 0. The number of benzene rings is 1. The number of hydrogen-bond acceptors (Lipinski definition) is 4. The summed E-state index contributed by atoms with van der Waals surface area (Å²) in [7, 11) is -2.25. The molecule has 1 aromatic heterocycles. The minimum absolute atomic E-state index is 0.0483. The average molecular weight is 423 g/mol. The highest BCUT2D eigenvalue weighted by atomic mass is 32.2. The number of amides is 1. The normalized spacial score (nSPS) is 18.1. The van der Waals surface area contributed by atoms with Gasteiger partial charge in [0.05, 0.1) is 4.90 Å². The van der Waals surface area contributed by atoms with Crippen molar-refractivity contribution in [3.63, 3.8) is 0 Å². The Balaban J connectivity index is 1.60. The van der Waals surface area contributed by atoms with Crippen molar-refractivity contribution in [3.8, 4) is 0 Å². The molecule has 0 saturated carbocycles. The monoisotopic (exact) mass is 422 g/mol. The first-order chi connectivity index (χ1) is 13.8. The van der Waals surface area contributed by atoms with Gasteiger partial charge in [0, 0.05) is 51.5 Å². The topological polar surface area (TPSA) is 75.5 Å². The van der Waals surface area contributed by atoms with Gasteiger partial charge in [0.2, 0.25) is 15.9 Å². The minimum Gasteiger partial charge on any atom is -0.343 e. The van der Waals surface area contributed by atoms with E-state index < -0.39 is 15.8 Å². The maximum absolute atomic E-state index is 13.5. The van der Waals surface area contributed by atoms with E-state index in [1.807, 2.05) is 22.6 Å². The summed E-state index contributed by atoms with van der Waals surface area (Å²) in [5.74, 6) is 0.359. The van der Waals surface area contributed by atoms with Crippen LogP contribution in [0.5, 0.6) is 0 Å². The van der Waals surface area contributed by atoms with E-state index in [2.05, 4.69) is 4.98 Å². The molecule has 9 heteroatoms. The molecule has 1 aliphatic heterocycles. The number of aryl methyl sites for hydroxylation is 2. The molecule has 1 amide bonds. The highest BCUT2D eigenvalue weighted by Crippen LogP contribution is 2.23. The second kappa shape index (κ2) is 9.04. The largest absolute Gasteiger partial charge is 0.343 e. The molecular formula is C20H27FN4O3S. The molecule has 1 saturated heterocycles. The van der Waals surface area contributed by atoms with Crippen LogP contribution in [0.2, 0.25) is 0 Å². The van der Waals surface area contributed by atoms with E-state index in [4.69, 9.17) is 0 Å². The number of carbonyl (C=O) groups is 1. The molecule has 0 radical (unpaired) electrons. The molecule has 2 aromatic rings. The van der Waals surface area contributed by atoms with E-state index in [-0.39, 0.29) is 16.8 Å². The van der Waals surface area contributed by atoms with Gasteiger partial charge in [-0.05, 0) is 44.4 Å². The molecule has 2 heterocycles. The smallest absolute Gasteiger partial charge is 0.243 e. The van der Waals surface area contributed by atoms with Crippen molar-refractivity contribution >= 4 is 15.9 Å². The van der Waals surface area contributed by atoms with Crippen LogP contribution in [-0.2, 0) is 21.4 Å². The number of rotatable bonds is 6. The number of hydrogen-bond donors (Lipinski definition) is 0. The third-order valence-corrected chi connectivity index (χ3v) is 7.43. The zero-order valence-electron chi connectivity index (χ0n) is 16.8. The number of nitrogens with zero attached hydrogens (tertiary/aromatic N) is 4. The molecular weight excluding hydrogens is 395 g/mol. The van der Waals surface area contributed by atoms with Gasteiger partial charge in [0.1, 0.15) is 11.6 Å². The fraction of sp³-hybridized carbons (Fsp3) is 0.500. The fourth-order valence-electron chi connectivity index (χ4n) is 3.70. The lowest BCUT2D eigenvalue weighted by molar-refractivity contribution is -0.131. The number of halogens is 1. The standard InChI is InChI=1S/C20H27FN4O3S/c1-16-22-10-14-24(16)13-9-20(26)25-11-4-6-18(8-12-25)23(2)29(27,28)19-7-3-5-17(21)15-19/h3,5,7,10,14-15,18H,4,6,8-9,11-13H2,1-2H3/t18-/m0/s1. The zero-order valence-corrected chi connectivity index (χ0v) is 17.6. The van der Waals surface area contributed by atoms with E-state index in [0.717, 1.165) is 18.3 Å². The van der Waals surface area contributed by atoms with E-state index in [1.54, 1.807) is 6.20 Å². The third kappa shape index (κ3) is 5.02. The Labute approximate surface area is 171 Å². The van der Waals surface area contributed by atoms with Crippen molar-refractivity contribution < 1.29 is 17.6 Å². The number of likely N-dealkylation sites (tertiary alicyclic amines) is 1. The van der Waals surface area contributed by atoms with Gasteiger partial charge in [0.25, 0.3) is 0 Å². The third-order valence-electron chi connectivity index (χ3n) is 5.53. The highest BCUT2D eigenvalue weighted by Gasteiger charge is 2.30. The fourth-order valence-corrected chi connectivity index (χ4v) is 5.14. The molecule has 1 aromatic carbocycles. The molecule has 1 aliphatic rings. The molecule has 1 fully saturated rings. The van der Waals surface area contributed by atoms with E-state index in [1.165, 1.54) is 29.6 Å². The summed E-state index contributed by atoms with van der Waals surface area (Å²) >= 11 is 0. The Morgan fingerprint density at radius 3 is 2.79 bits per heavy atom. The minimum atomic E-state index is -3.78. The second-order valence-electron chi connectivity index (χ2n) is 7.36. The van der Waals surface area contributed by atoms with Gasteiger partial charge in [-0.2, -0.15) is 4.31 Å². The Hall–Kier alpha value is -2.26. The summed E-state index contributed by atoms with van der Waals surface area (Å²) in [4.78, 5) is 18.5. The first kappa shape index (κ1) is 21.4. The molecule has 29 heavy (non-hydrogen) atoms. The van der Waals surface area contributed by atoms with E-state index in [0.29, 0.717) is 38.9 Å². The van der Waals surface area contributed by atoms with Crippen LogP contribution in [0, 0.1) is 12.7 Å². The molecule has 3 rings (SSSR count). The van der Waals surface area contributed by atoms with Crippen LogP contribution in [-0.4, -0.2) is 59.3 Å². The van der Waals surface area contributed by atoms with Gasteiger partial charge in [-0.25, -0.2) is 17.8 Å². The molecule has 7 nitrogen and oxygen atoms in total. The zero-order chi connectivity index (χ0) is 21.0. The van der Waals surface area contributed by atoms with Gasteiger partial charge >= 0.3 is 0 Å². The van der Waals surface area contributed by atoms with Crippen molar-refractivity contribution in [2.24, 2.45) is 0 Å². The predicted octanol–water partition coefficient (Wildman–Crippen LogP) is 2.42. The number of aromatic nitrogens is 2. The first-order valence-electron chi connectivity index (χ1n) is 9.78. The van der Waals surface area contributed by atoms with Gasteiger partial charge in [0.15, 0.2) is 0 Å². The SMILES string of the molecule is Cc1nccn1CCC(=O)N1CCC[C@H](N(C)S(=O)(=O)c2cccc(F)c2)CC1. The van der Waals surface area contributed by atoms with Crippen molar-refractivity contribution in [2.75, 3.05) is 20.1 Å². The summed E-state index contributed by atoms with van der Waals surface area (Å²) in [6, 6.07) is 4.83. The van der Waals surface area contributed by atoms with Crippen molar-refractivity contribution in [1.29, 1.82) is 0 Å². The quantitative estimate of drug-likeness (QED) is 0.717. The van der Waals surface area contributed by atoms with Crippen LogP contribution in [0.25, 0.3) is 0 Å². The Morgan fingerprint density at radius 2 is 2.10 bits per heavy atom. The summed E-state index contributed by atoms with van der Waals surface area (Å²) in [6.45, 7) is 3.61. The van der Waals surface area contributed by atoms with Crippen LogP contribution < -0.4 is 0 Å². The van der Waals surface area contributed by atoms with E-state index in [9.17, 15) is 17.6 Å². The Bertz CT molecular complexity index is 960. The summed E-state index contributed by atoms with van der Waals surface area (Å²) in [5, 5.41) is 0. The van der Waals surface area contributed by atoms with Gasteiger partial charge in [-0.15, -0.1) is 0 Å². The van der Waals surface area contributed by atoms with Gasteiger partial charge in [-0.1, -0.05) is 6.07 Å². The molecule has 0 unspecified atom stereocenters. The first-order valence-corrected chi connectivity index (χ1v) is 11.2. The number of imidazole rings is 1. The van der Waals surface area contributed by atoms with Crippen LogP contribution in [0.4, 0.5) is 4.39 Å². The molecule has 158 valence electrons. The van der Waals surface area contributed by atoms with Crippen molar-refractivity contribution in [1.82, 2.24) is 18.8 Å². The molecule has 0 bridgehead atoms. The molecule has 0 N–H and O–H groups in total. The Morgan fingerprint density at radius 1 is 1.31 bits per heavy atom. The van der Waals surface area contributed by atoms with Gasteiger partial charge < -0.3 is 9.47 Å². The van der Waals surface area contributed by atoms with Crippen molar-refractivity contribution in [3.05, 3.63) is 48.3 Å². The van der Waals surface area contributed by atoms with Crippen LogP contribution in [0.1, 0.15) is 31.5 Å². The lowest BCUT2D eigenvalue weighted by atomic mass is 10.1. The average Bonchev–Trinajstić information content (AvgIpc) is 2.95. The van der Waals surface area contributed by atoms with Crippen LogP contribution in [0.3, 0.4) is 0 Å². The molecule has 0 aliphatic carbocycles. The van der Waals surface area contributed by atoms with Crippen LogP contribution >= 0.6 is 0 Å². The maximum atomic E-state index is 13.5. The highest BCUT2D eigenvalue weighted by molar-refractivity contribution is 7.89. The second-order valence-corrected chi connectivity index (χ2v) is 9.36. The number of carbonyl (C=O) groups excluding carboxylic acids is 1. The molecule has 1 atom stereocenters. The summed E-state index contributed by atoms with van der Waals surface area (Å²) in [6.07, 6.45) is 5.90. The summed E-state index contributed by atoms with van der Waals surface area (Å²) < 4.78 is 42.4. The van der Waals surface area contributed by atoms with Crippen LogP contribution in [0.15, 0.2) is 41.6 Å². The number of sulfonamides is 1. The Kier molecular flexibility index (Phi) is 6.69. The molecule has 0 spiro atoms. The lowest BCUT2D eigenvalue weighted by Gasteiger charge is -2.27.